The van der Waals surface area contributed by atoms with Gasteiger partial charge in [0.1, 0.15) is 0 Å². The molecule has 2 aromatic rings. The van der Waals surface area contributed by atoms with Crippen LogP contribution in [0.2, 0.25) is 0 Å². The number of hydrogen-bond donors (Lipinski definition) is 1. The highest BCUT2D eigenvalue weighted by molar-refractivity contribution is 5.88. The molecule has 5 nitrogen and oxygen atoms in total. The second kappa shape index (κ2) is 5.46. The Balaban J connectivity index is 2.33. The molecule has 112 valence electrons. The first-order valence-electron chi connectivity index (χ1n) is 5.37. The Morgan fingerprint density at radius 3 is 2.52 bits per heavy atom. The zero-order chi connectivity index (χ0) is 15.6. The van der Waals surface area contributed by atoms with E-state index < -0.39 is 35.7 Å². The van der Waals surface area contributed by atoms with Crippen LogP contribution >= 0.6 is 0 Å². The molecule has 2 aromatic heterocycles. The number of rotatable bonds is 3. The molecule has 10 heteroatoms. The molecule has 0 saturated heterocycles. The number of carbonyl (C=O) groups excluding carboxylic acids is 1. The summed E-state index contributed by atoms with van der Waals surface area (Å²) in [6, 6.07) is 1.04. The van der Waals surface area contributed by atoms with E-state index in [0.29, 0.717) is 12.1 Å². The van der Waals surface area contributed by atoms with Crippen molar-refractivity contribution in [3.63, 3.8) is 0 Å². The fraction of sp³-hybridized carbons (Fsp3) is 0.182. The fourth-order valence-corrected chi connectivity index (χ4v) is 1.46. The van der Waals surface area contributed by atoms with Gasteiger partial charge in [-0.3, -0.25) is 5.10 Å². The topological polar surface area (TPSA) is 67.9 Å². The number of carbonyl (C=O) groups is 1. The highest BCUT2D eigenvalue weighted by Crippen LogP contribution is 2.37. The molecule has 1 unspecified atom stereocenters. The smallest absolute Gasteiger partial charge is 0.430 e. The molecule has 0 fully saturated rings. The lowest BCUT2D eigenvalue weighted by molar-refractivity contribution is -0.208. The van der Waals surface area contributed by atoms with Gasteiger partial charge in [0.05, 0.1) is 17.3 Å². The summed E-state index contributed by atoms with van der Waals surface area (Å²) < 4.78 is 68.9. The van der Waals surface area contributed by atoms with Gasteiger partial charge in [-0.25, -0.2) is 4.79 Å². The van der Waals surface area contributed by atoms with Crippen molar-refractivity contribution >= 4 is 5.97 Å². The number of halogens is 5. The second-order valence-corrected chi connectivity index (χ2v) is 3.83. The lowest BCUT2D eigenvalue weighted by Crippen LogP contribution is -2.27. The third-order valence-electron chi connectivity index (χ3n) is 2.38. The van der Waals surface area contributed by atoms with Crippen LogP contribution in [0.1, 0.15) is 22.0 Å². The summed E-state index contributed by atoms with van der Waals surface area (Å²) in [4.78, 5) is 14.2. The van der Waals surface area contributed by atoms with E-state index in [1.54, 1.807) is 0 Å². The van der Waals surface area contributed by atoms with Gasteiger partial charge in [-0.15, -0.1) is 0 Å². The molecule has 21 heavy (non-hydrogen) atoms. The van der Waals surface area contributed by atoms with Crippen molar-refractivity contribution in [1.82, 2.24) is 15.2 Å². The van der Waals surface area contributed by atoms with Crippen molar-refractivity contribution in [3.05, 3.63) is 47.5 Å². The fourth-order valence-electron chi connectivity index (χ4n) is 1.46. The summed E-state index contributed by atoms with van der Waals surface area (Å²) >= 11 is 0. The minimum absolute atomic E-state index is 0.278. The molecule has 0 aliphatic heterocycles. The van der Waals surface area contributed by atoms with Crippen molar-refractivity contribution in [2.45, 2.75) is 12.3 Å². The van der Waals surface area contributed by atoms with E-state index >= 15 is 0 Å². The Hall–Kier alpha value is -2.52. The average molecular weight is 307 g/mol. The number of esters is 1. The number of nitrogens with zero attached hydrogens (tertiary/aromatic N) is 2. The summed E-state index contributed by atoms with van der Waals surface area (Å²) in [5.41, 5.74) is -1.37. The Bertz CT molecular complexity index is 642. The second-order valence-electron chi connectivity index (χ2n) is 3.83. The van der Waals surface area contributed by atoms with E-state index in [0.717, 1.165) is 12.4 Å². The normalized spacial score (nSPS) is 13.0. The molecule has 1 N–H and O–H groups in total. The van der Waals surface area contributed by atoms with E-state index in [4.69, 9.17) is 0 Å². The first-order valence-corrected chi connectivity index (χ1v) is 5.37. The Morgan fingerprint density at radius 2 is 2.00 bits per heavy atom. The summed E-state index contributed by atoms with van der Waals surface area (Å²) in [6.07, 6.45) is -6.06. The Labute approximate surface area is 113 Å². The third kappa shape index (κ3) is 3.33. The van der Waals surface area contributed by atoms with Crippen LogP contribution in [0.3, 0.4) is 0 Å². The lowest BCUT2D eigenvalue weighted by Gasteiger charge is -2.20. The van der Waals surface area contributed by atoms with Gasteiger partial charge >= 0.3 is 12.1 Å². The largest absolute Gasteiger partial charge is 0.444 e. The van der Waals surface area contributed by atoms with Crippen LogP contribution in [0, 0.1) is 11.9 Å². The average Bonchev–Trinajstić information content (AvgIpc) is 2.89. The highest BCUT2D eigenvalue weighted by Gasteiger charge is 2.46. The van der Waals surface area contributed by atoms with Gasteiger partial charge in [0.25, 0.3) is 0 Å². The monoisotopic (exact) mass is 307 g/mol. The van der Waals surface area contributed by atoms with E-state index in [9.17, 15) is 26.7 Å². The summed E-state index contributed by atoms with van der Waals surface area (Å²) in [7, 11) is 0. The molecule has 0 radical (unpaired) electrons. The molecular formula is C11H6F5N3O2. The molecular weight excluding hydrogens is 301 g/mol. The first-order chi connectivity index (χ1) is 9.79. The summed E-state index contributed by atoms with van der Waals surface area (Å²) in [6.45, 7) is 0. The van der Waals surface area contributed by atoms with Gasteiger partial charge in [0.2, 0.25) is 18.0 Å². The number of pyridine rings is 1. The van der Waals surface area contributed by atoms with E-state index in [1.165, 1.54) is 0 Å². The number of H-pyrrole nitrogens is 1. The molecule has 0 aliphatic rings. The van der Waals surface area contributed by atoms with Crippen LogP contribution in [0.15, 0.2) is 24.5 Å². The SMILES string of the molecule is O=C(OC(c1ccc(F)nc1F)C(F)(F)F)c1cn[nH]c1. The predicted octanol–water partition coefficient (Wildman–Crippen LogP) is 2.54. The Morgan fingerprint density at radius 1 is 1.29 bits per heavy atom. The van der Waals surface area contributed by atoms with E-state index in [-0.39, 0.29) is 5.56 Å². The van der Waals surface area contributed by atoms with Crippen molar-refractivity contribution in [2.75, 3.05) is 0 Å². The summed E-state index contributed by atoms with van der Waals surface area (Å²) in [5, 5.41) is 5.58. The van der Waals surface area contributed by atoms with Gasteiger partial charge in [-0.2, -0.15) is 32.0 Å². The van der Waals surface area contributed by atoms with Crippen molar-refractivity contribution in [1.29, 1.82) is 0 Å². The van der Waals surface area contributed by atoms with Crippen LogP contribution in [0.5, 0.6) is 0 Å². The minimum atomic E-state index is -5.10. The number of hydrogen-bond acceptors (Lipinski definition) is 4. The molecule has 1 atom stereocenters. The number of nitrogens with one attached hydrogen (secondary N) is 1. The zero-order valence-electron chi connectivity index (χ0n) is 9.99. The van der Waals surface area contributed by atoms with Crippen molar-refractivity contribution < 1.29 is 31.5 Å². The van der Waals surface area contributed by atoms with Gasteiger partial charge in [-0.05, 0) is 12.1 Å². The van der Waals surface area contributed by atoms with Crippen LogP contribution < -0.4 is 0 Å². The van der Waals surface area contributed by atoms with Gasteiger partial charge in [0, 0.05) is 6.20 Å². The molecule has 0 spiro atoms. The maximum Gasteiger partial charge on any atom is 0.430 e. The summed E-state index contributed by atoms with van der Waals surface area (Å²) in [5.74, 6) is -4.37. The van der Waals surface area contributed by atoms with Crippen molar-refractivity contribution in [3.8, 4) is 0 Å². The maximum atomic E-state index is 13.4. The standard InChI is InChI=1S/C11H6F5N3O2/c12-7-2-1-6(9(13)19-7)8(11(14,15)16)21-10(20)5-3-17-18-4-5/h1-4,8H,(H,17,18). The molecule has 2 rings (SSSR count). The number of aromatic amines is 1. The number of ether oxygens (including phenoxy) is 1. The maximum absolute atomic E-state index is 13.4. The quantitative estimate of drug-likeness (QED) is 0.537. The van der Waals surface area contributed by atoms with E-state index in [2.05, 4.69) is 19.9 Å². The van der Waals surface area contributed by atoms with Crippen molar-refractivity contribution in [2.24, 2.45) is 0 Å². The minimum Gasteiger partial charge on any atom is -0.444 e. The molecule has 0 bridgehead atoms. The Kier molecular flexibility index (Phi) is 3.87. The van der Waals surface area contributed by atoms with Gasteiger partial charge < -0.3 is 4.74 Å². The molecule has 0 aromatic carbocycles. The highest BCUT2D eigenvalue weighted by atomic mass is 19.4. The van der Waals surface area contributed by atoms with Crippen LogP contribution in [0.4, 0.5) is 22.0 Å². The van der Waals surface area contributed by atoms with Crippen LogP contribution in [-0.2, 0) is 4.74 Å². The van der Waals surface area contributed by atoms with Crippen LogP contribution in [-0.4, -0.2) is 27.3 Å². The van der Waals surface area contributed by atoms with E-state index in [1.807, 2.05) is 0 Å². The lowest BCUT2D eigenvalue weighted by atomic mass is 10.1. The number of aromatic nitrogens is 3. The third-order valence-corrected chi connectivity index (χ3v) is 2.38. The predicted molar refractivity (Wildman–Crippen MR) is 57.0 cm³/mol. The van der Waals surface area contributed by atoms with Gasteiger partial charge in [0.15, 0.2) is 0 Å². The van der Waals surface area contributed by atoms with Gasteiger partial charge in [-0.1, -0.05) is 0 Å². The number of alkyl halides is 3. The zero-order valence-corrected chi connectivity index (χ0v) is 9.99. The first kappa shape index (κ1) is 14.9. The molecule has 2 heterocycles. The molecule has 0 saturated carbocycles. The molecule has 0 amide bonds. The molecule has 0 aliphatic carbocycles. The van der Waals surface area contributed by atoms with Crippen LogP contribution in [0.25, 0.3) is 0 Å².